The van der Waals surface area contributed by atoms with Crippen molar-refractivity contribution in [2.45, 2.75) is 38.6 Å². The van der Waals surface area contributed by atoms with E-state index >= 15 is 0 Å². The Kier molecular flexibility index (Phi) is 4.82. The van der Waals surface area contributed by atoms with E-state index in [9.17, 15) is 4.79 Å². The van der Waals surface area contributed by atoms with Crippen molar-refractivity contribution in [2.24, 2.45) is 11.7 Å². The van der Waals surface area contributed by atoms with E-state index in [1.165, 1.54) is 6.42 Å². The fraction of sp³-hybridized carbons (Fsp3) is 0.750. The molecule has 1 unspecified atom stereocenters. The number of carbonyl (C=O) groups is 1. The van der Waals surface area contributed by atoms with Gasteiger partial charge in [-0.05, 0) is 25.2 Å². The lowest BCUT2D eigenvalue weighted by Gasteiger charge is -2.33. The second kappa shape index (κ2) is 5.91. The summed E-state index contributed by atoms with van der Waals surface area (Å²) in [5, 5.41) is 0. The highest BCUT2D eigenvalue weighted by atomic mass is 16.2. The van der Waals surface area contributed by atoms with Crippen LogP contribution in [0.4, 0.5) is 0 Å². The number of hydrogen-bond donors (Lipinski definition) is 1. The molecule has 15 heavy (non-hydrogen) atoms. The van der Waals surface area contributed by atoms with E-state index in [4.69, 9.17) is 5.73 Å². The van der Waals surface area contributed by atoms with Crippen LogP contribution >= 0.6 is 0 Å². The molecule has 1 fully saturated rings. The van der Waals surface area contributed by atoms with Crippen molar-refractivity contribution in [3.8, 4) is 0 Å². The Morgan fingerprint density at radius 1 is 1.60 bits per heavy atom. The standard InChI is InChI=1S/C12H22N2O/c1-3-5-11(13)12(15)14-8-6-10(4-2)7-9-14/h3,10-11H,1,4-9,13H2,2H3. The van der Waals surface area contributed by atoms with Gasteiger partial charge in [-0.25, -0.2) is 0 Å². The van der Waals surface area contributed by atoms with E-state index in [-0.39, 0.29) is 11.9 Å². The van der Waals surface area contributed by atoms with Crippen molar-refractivity contribution in [3.63, 3.8) is 0 Å². The number of hydrogen-bond acceptors (Lipinski definition) is 2. The van der Waals surface area contributed by atoms with Gasteiger partial charge in [0.05, 0.1) is 6.04 Å². The van der Waals surface area contributed by atoms with E-state index in [1.54, 1.807) is 6.08 Å². The topological polar surface area (TPSA) is 46.3 Å². The zero-order valence-corrected chi connectivity index (χ0v) is 9.61. The maximum absolute atomic E-state index is 11.8. The molecule has 0 bridgehead atoms. The summed E-state index contributed by atoms with van der Waals surface area (Å²) in [5.74, 6) is 0.883. The number of amides is 1. The Hall–Kier alpha value is -0.830. The fourth-order valence-corrected chi connectivity index (χ4v) is 2.08. The maximum atomic E-state index is 11.8. The van der Waals surface area contributed by atoms with Crippen LogP contribution in [0, 0.1) is 5.92 Å². The summed E-state index contributed by atoms with van der Waals surface area (Å²) < 4.78 is 0. The zero-order valence-electron chi connectivity index (χ0n) is 9.61. The number of rotatable bonds is 4. The highest BCUT2D eigenvalue weighted by Crippen LogP contribution is 2.20. The Balaban J connectivity index is 2.38. The summed E-state index contributed by atoms with van der Waals surface area (Å²) in [4.78, 5) is 13.7. The van der Waals surface area contributed by atoms with Gasteiger partial charge in [0.2, 0.25) is 5.91 Å². The van der Waals surface area contributed by atoms with Gasteiger partial charge in [0, 0.05) is 13.1 Å². The van der Waals surface area contributed by atoms with Gasteiger partial charge in [-0.1, -0.05) is 19.4 Å². The van der Waals surface area contributed by atoms with E-state index < -0.39 is 0 Å². The van der Waals surface area contributed by atoms with Gasteiger partial charge in [0.1, 0.15) is 0 Å². The van der Waals surface area contributed by atoms with Gasteiger partial charge in [0.25, 0.3) is 0 Å². The van der Waals surface area contributed by atoms with Gasteiger partial charge >= 0.3 is 0 Å². The number of piperidine rings is 1. The lowest BCUT2D eigenvalue weighted by molar-refractivity contribution is -0.133. The quantitative estimate of drug-likeness (QED) is 0.715. The Labute approximate surface area is 92.3 Å². The van der Waals surface area contributed by atoms with Crippen molar-refractivity contribution >= 4 is 5.91 Å². The van der Waals surface area contributed by atoms with Crippen LogP contribution < -0.4 is 5.73 Å². The summed E-state index contributed by atoms with van der Waals surface area (Å²) in [6.45, 7) is 7.57. The molecule has 0 radical (unpaired) electrons. The van der Waals surface area contributed by atoms with Crippen LogP contribution in [0.25, 0.3) is 0 Å². The molecule has 0 aliphatic carbocycles. The molecule has 0 aromatic rings. The van der Waals surface area contributed by atoms with Crippen molar-refractivity contribution in [3.05, 3.63) is 12.7 Å². The molecule has 3 heteroatoms. The van der Waals surface area contributed by atoms with Crippen molar-refractivity contribution in [1.82, 2.24) is 4.90 Å². The number of carbonyl (C=O) groups excluding carboxylic acids is 1. The molecule has 1 atom stereocenters. The van der Waals surface area contributed by atoms with Gasteiger partial charge in [-0.15, -0.1) is 6.58 Å². The van der Waals surface area contributed by atoms with Gasteiger partial charge in [-0.3, -0.25) is 4.79 Å². The lowest BCUT2D eigenvalue weighted by Crippen LogP contribution is -2.46. The van der Waals surface area contributed by atoms with E-state index in [0.717, 1.165) is 31.8 Å². The SMILES string of the molecule is C=CCC(N)C(=O)N1CCC(CC)CC1. The summed E-state index contributed by atoms with van der Waals surface area (Å²) >= 11 is 0. The van der Waals surface area contributed by atoms with E-state index in [1.807, 2.05) is 4.90 Å². The van der Waals surface area contributed by atoms with Crippen LogP contribution in [-0.4, -0.2) is 29.9 Å². The maximum Gasteiger partial charge on any atom is 0.239 e. The Morgan fingerprint density at radius 2 is 2.20 bits per heavy atom. The first-order valence-electron chi connectivity index (χ1n) is 5.84. The minimum Gasteiger partial charge on any atom is -0.341 e. The van der Waals surface area contributed by atoms with Crippen LogP contribution in [0.15, 0.2) is 12.7 Å². The van der Waals surface area contributed by atoms with Crippen LogP contribution in [0.2, 0.25) is 0 Å². The third-order valence-electron chi connectivity index (χ3n) is 3.24. The minimum atomic E-state index is -0.388. The highest BCUT2D eigenvalue weighted by Gasteiger charge is 2.24. The van der Waals surface area contributed by atoms with E-state index in [2.05, 4.69) is 13.5 Å². The monoisotopic (exact) mass is 210 g/mol. The highest BCUT2D eigenvalue weighted by molar-refractivity contribution is 5.81. The third kappa shape index (κ3) is 3.34. The molecule has 1 aliphatic rings. The fourth-order valence-electron chi connectivity index (χ4n) is 2.08. The van der Waals surface area contributed by atoms with Gasteiger partial charge in [-0.2, -0.15) is 0 Å². The summed E-state index contributed by atoms with van der Waals surface area (Å²) in [5.41, 5.74) is 5.76. The first-order chi connectivity index (χ1) is 7.19. The second-order valence-electron chi connectivity index (χ2n) is 4.31. The van der Waals surface area contributed by atoms with Crippen LogP contribution in [0.1, 0.15) is 32.6 Å². The Bertz CT molecular complexity index is 220. The average molecular weight is 210 g/mol. The molecule has 1 saturated heterocycles. The molecule has 3 nitrogen and oxygen atoms in total. The smallest absolute Gasteiger partial charge is 0.239 e. The first kappa shape index (κ1) is 12.2. The van der Waals surface area contributed by atoms with Crippen LogP contribution in [0.5, 0.6) is 0 Å². The van der Waals surface area contributed by atoms with Crippen molar-refractivity contribution in [2.75, 3.05) is 13.1 Å². The molecule has 0 aromatic heterocycles. The molecule has 2 N–H and O–H groups in total. The molecular weight excluding hydrogens is 188 g/mol. The van der Waals surface area contributed by atoms with Crippen LogP contribution in [0.3, 0.4) is 0 Å². The molecule has 0 aromatic carbocycles. The number of nitrogens with zero attached hydrogens (tertiary/aromatic N) is 1. The Morgan fingerprint density at radius 3 is 2.67 bits per heavy atom. The molecule has 1 heterocycles. The molecule has 86 valence electrons. The lowest BCUT2D eigenvalue weighted by atomic mass is 9.94. The third-order valence-corrected chi connectivity index (χ3v) is 3.24. The predicted molar refractivity (Wildman–Crippen MR) is 62.4 cm³/mol. The average Bonchev–Trinajstić information content (AvgIpc) is 2.28. The van der Waals surface area contributed by atoms with Crippen LogP contribution in [-0.2, 0) is 4.79 Å². The predicted octanol–water partition coefficient (Wildman–Crippen LogP) is 1.54. The normalized spacial score (nSPS) is 20.0. The largest absolute Gasteiger partial charge is 0.341 e. The van der Waals surface area contributed by atoms with Gasteiger partial charge in [0.15, 0.2) is 0 Å². The second-order valence-corrected chi connectivity index (χ2v) is 4.31. The summed E-state index contributed by atoms with van der Waals surface area (Å²) in [6, 6.07) is -0.388. The summed E-state index contributed by atoms with van der Waals surface area (Å²) in [6.07, 6.45) is 5.76. The summed E-state index contributed by atoms with van der Waals surface area (Å²) in [7, 11) is 0. The number of nitrogens with two attached hydrogens (primary N) is 1. The molecule has 1 rings (SSSR count). The minimum absolute atomic E-state index is 0.0875. The molecule has 0 spiro atoms. The molecule has 1 amide bonds. The molecular formula is C12H22N2O. The zero-order chi connectivity index (χ0) is 11.3. The molecule has 1 aliphatic heterocycles. The number of likely N-dealkylation sites (tertiary alicyclic amines) is 1. The first-order valence-corrected chi connectivity index (χ1v) is 5.84. The van der Waals surface area contributed by atoms with Crippen molar-refractivity contribution < 1.29 is 4.79 Å². The van der Waals surface area contributed by atoms with Crippen molar-refractivity contribution in [1.29, 1.82) is 0 Å². The van der Waals surface area contributed by atoms with E-state index in [0.29, 0.717) is 6.42 Å². The molecule has 0 saturated carbocycles. The van der Waals surface area contributed by atoms with Gasteiger partial charge < -0.3 is 10.6 Å².